The summed E-state index contributed by atoms with van der Waals surface area (Å²) in [5.41, 5.74) is 0. The van der Waals surface area contributed by atoms with Crippen LogP contribution >= 0.6 is 24.0 Å². The van der Waals surface area contributed by atoms with Crippen LogP contribution in [0.5, 0.6) is 0 Å². The largest absolute Gasteiger partial charge is 0.450 e. The smallest absolute Gasteiger partial charge is 0.409 e. The topological polar surface area (TPSA) is 75.2 Å². The molecular formula is C17H35IN4O3. The Morgan fingerprint density at radius 2 is 1.92 bits per heavy atom. The Bertz CT molecular complexity index is 375. The molecule has 148 valence electrons. The number of hydrogen-bond acceptors (Lipinski definition) is 4. The van der Waals surface area contributed by atoms with Crippen molar-refractivity contribution in [3.8, 4) is 0 Å². The van der Waals surface area contributed by atoms with Crippen LogP contribution < -0.4 is 10.6 Å². The van der Waals surface area contributed by atoms with Crippen molar-refractivity contribution in [2.45, 2.75) is 52.0 Å². The van der Waals surface area contributed by atoms with Crippen LogP contribution in [0.1, 0.15) is 46.0 Å². The average Bonchev–Trinajstić information content (AvgIpc) is 2.59. The summed E-state index contributed by atoms with van der Waals surface area (Å²) < 4.78 is 10.1. The van der Waals surface area contributed by atoms with E-state index in [4.69, 9.17) is 9.47 Å². The molecule has 0 aliphatic carbocycles. The quantitative estimate of drug-likeness (QED) is 0.235. The van der Waals surface area contributed by atoms with Crippen LogP contribution in [0.3, 0.4) is 0 Å². The second kappa shape index (κ2) is 15.5. The van der Waals surface area contributed by atoms with Gasteiger partial charge in [-0.2, -0.15) is 0 Å². The van der Waals surface area contributed by atoms with Gasteiger partial charge >= 0.3 is 6.09 Å². The van der Waals surface area contributed by atoms with Crippen molar-refractivity contribution in [2.75, 3.05) is 46.5 Å². The van der Waals surface area contributed by atoms with E-state index in [-0.39, 0.29) is 30.1 Å². The molecular weight excluding hydrogens is 435 g/mol. The van der Waals surface area contributed by atoms with E-state index in [1.807, 2.05) is 6.92 Å². The SMILES string of the molecule is CCNC(=NCCCCCOC)NC1CCN(C(=O)OCC)CC1.I. The number of unbranched alkanes of at least 4 members (excludes halogenated alkanes) is 2. The summed E-state index contributed by atoms with van der Waals surface area (Å²) in [4.78, 5) is 18.1. The molecule has 0 aromatic rings. The minimum absolute atomic E-state index is 0. The van der Waals surface area contributed by atoms with Crippen molar-refractivity contribution < 1.29 is 14.3 Å². The van der Waals surface area contributed by atoms with Crippen LogP contribution in [-0.4, -0.2) is 69.5 Å². The Hall–Kier alpha value is -0.770. The number of rotatable bonds is 9. The van der Waals surface area contributed by atoms with Crippen LogP contribution in [0.4, 0.5) is 4.79 Å². The number of carbonyl (C=O) groups is 1. The highest BCUT2D eigenvalue weighted by Gasteiger charge is 2.23. The van der Waals surface area contributed by atoms with E-state index in [2.05, 4.69) is 22.5 Å². The number of methoxy groups -OCH3 is 1. The molecule has 1 fully saturated rings. The fourth-order valence-electron chi connectivity index (χ4n) is 2.66. The number of likely N-dealkylation sites (tertiary alicyclic amines) is 1. The fourth-order valence-corrected chi connectivity index (χ4v) is 2.66. The minimum atomic E-state index is -0.201. The molecule has 1 aliphatic heterocycles. The standard InChI is InChI=1S/C17H34N4O3.HI/c1-4-18-16(19-11-7-6-8-14-23-3)20-15-9-12-21(13-10-15)17(22)24-5-2;/h15H,4-14H2,1-3H3,(H2,18,19,20);1H. The summed E-state index contributed by atoms with van der Waals surface area (Å²) in [6, 6.07) is 0.349. The normalized spacial score (nSPS) is 15.5. The number of amides is 1. The van der Waals surface area contributed by atoms with Gasteiger partial charge in [-0.05, 0) is 46.0 Å². The number of halogens is 1. The molecule has 1 amide bonds. The molecule has 7 nitrogen and oxygen atoms in total. The van der Waals surface area contributed by atoms with E-state index in [0.717, 1.165) is 70.8 Å². The van der Waals surface area contributed by atoms with Gasteiger partial charge in [0.1, 0.15) is 0 Å². The number of aliphatic imine (C=N–C) groups is 1. The van der Waals surface area contributed by atoms with Gasteiger partial charge in [0.2, 0.25) is 0 Å². The second-order valence-corrected chi connectivity index (χ2v) is 5.92. The summed E-state index contributed by atoms with van der Waals surface area (Å²) in [7, 11) is 1.73. The molecule has 1 saturated heterocycles. The van der Waals surface area contributed by atoms with Crippen molar-refractivity contribution in [1.82, 2.24) is 15.5 Å². The van der Waals surface area contributed by atoms with Crippen LogP contribution in [0, 0.1) is 0 Å². The monoisotopic (exact) mass is 470 g/mol. The predicted molar refractivity (Wildman–Crippen MR) is 112 cm³/mol. The van der Waals surface area contributed by atoms with Crippen molar-refractivity contribution in [3.05, 3.63) is 0 Å². The molecule has 0 bridgehead atoms. The molecule has 8 heteroatoms. The number of guanidine groups is 1. The van der Waals surface area contributed by atoms with Crippen LogP contribution in [0.15, 0.2) is 4.99 Å². The molecule has 25 heavy (non-hydrogen) atoms. The number of carbonyl (C=O) groups excluding carboxylic acids is 1. The molecule has 2 N–H and O–H groups in total. The van der Waals surface area contributed by atoms with Crippen LogP contribution in [0.2, 0.25) is 0 Å². The average molecular weight is 470 g/mol. The van der Waals surface area contributed by atoms with Gasteiger partial charge in [0, 0.05) is 45.9 Å². The van der Waals surface area contributed by atoms with Gasteiger partial charge < -0.3 is 25.0 Å². The van der Waals surface area contributed by atoms with Gasteiger partial charge in [-0.1, -0.05) is 0 Å². The van der Waals surface area contributed by atoms with Gasteiger partial charge in [-0.15, -0.1) is 24.0 Å². The van der Waals surface area contributed by atoms with Crippen molar-refractivity contribution in [2.24, 2.45) is 4.99 Å². The third-order valence-electron chi connectivity index (χ3n) is 3.98. The lowest BCUT2D eigenvalue weighted by Crippen LogP contribution is -2.49. The first kappa shape index (κ1) is 24.2. The Morgan fingerprint density at radius 1 is 1.20 bits per heavy atom. The summed E-state index contributed by atoms with van der Waals surface area (Å²) in [6.07, 6.45) is 4.92. The zero-order valence-electron chi connectivity index (χ0n) is 15.9. The molecule has 0 unspecified atom stereocenters. The van der Waals surface area contributed by atoms with Crippen LogP contribution in [-0.2, 0) is 9.47 Å². The molecule has 1 aliphatic rings. The molecule has 0 atom stereocenters. The lowest BCUT2D eigenvalue weighted by Gasteiger charge is -2.32. The van der Waals surface area contributed by atoms with Crippen molar-refractivity contribution in [3.63, 3.8) is 0 Å². The van der Waals surface area contributed by atoms with Crippen molar-refractivity contribution in [1.29, 1.82) is 0 Å². The minimum Gasteiger partial charge on any atom is -0.450 e. The first-order valence-electron chi connectivity index (χ1n) is 9.16. The highest BCUT2D eigenvalue weighted by atomic mass is 127. The predicted octanol–water partition coefficient (Wildman–Crippen LogP) is 2.60. The number of ether oxygens (including phenoxy) is 2. The first-order valence-corrected chi connectivity index (χ1v) is 9.16. The highest BCUT2D eigenvalue weighted by Crippen LogP contribution is 2.11. The Balaban J connectivity index is 0.00000576. The zero-order valence-corrected chi connectivity index (χ0v) is 18.2. The number of nitrogens with one attached hydrogen (secondary N) is 2. The maximum Gasteiger partial charge on any atom is 0.409 e. The van der Waals surface area contributed by atoms with Gasteiger partial charge in [0.05, 0.1) is 6.61 Å². The summed E-state index contributed by atoms with van der Waals surface area (Å²) in [5.74, 6) is 0.874. The maximum atomic E-state index is 11.7. The molecule has 0 aromatic carbocycles. The van der Waals surface area contributed by atoms with Gasteiger partial charge in [-0.3, -0.25) is 4.99 Å². The van der Waals surface area contributed by atoms with Gasteiger partial charge in [-0.25, -0.2) is 4.79 Å². The second-order valence-electron chi connectivity index (χ2n) is 5.92. The van der Waals surface area contributed by atoms with E-state index in [9.17, 15) is 4.79 Å². The Labute approximate surface area is 169 Å². The van der Waals surface area contributed by atoms with E-state index >= 15 is 0 Å². The van der Waals surface area contributed by atoms with Crippen LogP contribution in [0.25, 0.3) is 0 Å². The molecule has 1 rings (SSSR count). The molecule has 0 radical (unpaired) electrons. The zero-order chi connectivity index (χ0) is 17.6. The third-order valence-corrected chi connectivity index (χ3v) is 3.98. The molecule has 0 aromatic heterocycles. The maximum absolute atomic E-state index is 11.7. The highest BCUT2D eigenvalue weighted by molar-refractivity contribution is 14.0. The first-order chi connectivity index (χ1) is 11.7. The lowest BCUT2D eigenvalue weighted by molar-refractivity contribution is 0.0963. The Morgan fingerprint density at radius 3 is 2.52 bits per heavy atom. The number of piperidine rings is 1. The van der Waals surface area contributed by atoms with E-state index in [1.54, 1.807) is 12.0 Å². The third kappa shape index (κ3) is 10.7. The van der Waals surface area contributed by atoms with Gasteiger partial charge in [0.15, 0.2) is 5.96 Å². The summed E-state index contributed by atoms with van der Waals surface area (Å²) in [5, 5.41) is 6.78. The summed E-state index contributed by atoms with van der Waals surface area (Å²) >= 11 is 0. The lowest BCUT2D eigenvalue weighted by atomic mass is 10.1. The molecule has 0 saturated carbocycles. The fraction of sp³-hybridized carbons (Fsp3) is 0.882. The number of nitrogens with zero attached hydrogens (tertiary/aromatic N) is 2. The van der Waals surface area contributed by atoms with E-state index in [0.29, 0.717) is 12.6 Å². The summed E-state index contributed by atoms with van der Waals surface area (Å²) in [6.45, 7) is 8.28. The number of hydrogen-bond donors (Lipinski definition) is 2. The van der Waals surface area contributed by atoms with E-state index < -0.39 is 0 Å². The molecule has 1 heterocycles. The van der Waals surface area contributed by atoms with Gasteiger partial charge in [0.25, 0.3) is 0 Å². The molecule has 0 spiro atoms. The van der Waals surface area contributed by atoms with Crippen molar-refractivity contribution >= 4 is 36.0 Å². The Kier molecular flexibility index (Phi) is 15.0. The van der Waals surface area contributed by atoms with E-state index in [1.165, 1.54) is 0 Å².